The van der Waals surface area contributed by atoms with Gasteiger partial charge in [0.15, 0.2) is 0 Å². The molecule has 5 heteroatoms. The first-order valence-electron chi connectivity index (χ1n) is 7.65. The van der Waals surface area contributed by atoms with E-state index in [0.717, 1.165) is 14.8 Å². The molecule has 0 radical (unpaired) electrons. The zero-order valence-corrected chi connectivity index (χ0v) is 16.1. The molecule has 3 nitrogen and oxygen atoms in total. The molecule has 0 aliphatic rings. The number of carbonyl (C=O) groups is 1. The summed E-state index contributed by atoms with van der Waals surface area (Å²) in [6, 6.07) is 22.4. The highest BCUT2D eigenvalue weighted by Crippen LogP contribution is 2.25. The summed E-state index contributed by atoms with van der Waals surface area (Å²) in [5.41, 5.74) is 2.16. The predicted molar refractivity (Wildman–Crippen MR) is 109 cm³/mol. The molecule has 0 aromatic heterocycles. The standard InChI is InChI=1S/C20H15ClINO2/c21-15-9-10-19(25-13-14-5-2-1-3-6-14)18(11-15)20(24)23-17-8-4-7-16(22)12-17/h1-12H,13H2,(H,23,24). The van der Waals surface area contributed by atoms with Gasteiger partial charge in [-0.2, -0.15) is 0 Å². The van der Waals surface area contributed by atoms with Crippen LogP contribution in [0, 0.1) is 3.57 Å². The summed E-state index contributed by atoms with van der Waals surface area (Å²) in [5.74, 6) is 0.240. The quantitative estimate of drug-likeness (QED) is 0.487. The van der Waals surface area contributed by atoms with Crippen LogP contribution in [0.2, 0.25) is 5.02 Å². The fourth-order valence-corrected chi connectivity index (χ4v) is 3.02. The van der Waals surface area contributed by atoms with Gasteiger partial charge in [0.25, 0.3) is 5.91 Å². The van der Waals surface area contributed by atoms with Crippen molar-refractivity contribution in [2.45, 2.75) is 6.61 Å². The molecule has 0 heterocycles. The largest absolute Gasteiger partial charge is 0.488 e. The highest BCUT2D eigenvalue weighted by Gasteiger charge is 2.14. The molecule has 0 aliphatic heterocycles. The Balaban J connectivity index is 1.79. The van der Waals surface area contributed by atoms with E-state index >= 15 is 0 Å². The second-order valence-electron chi connectivity index (χ2n) is 5.38. The third-order valence-electron chi connectivity index (χ3n) is 3.51. The van der Waals surface area contributed by atoms with Crippen molar-refractivity contribution in [1.82, 2.24) is 0 Å². The van der Waals surface area contributed by atoms with E-state index in [9.17, 15) is 4.79 Å². The Morgan fingerprint density at radius 2 is 1.80 bits per heavy atom. The zero-order chi connectivity index (χ0) is 17.6. The Morgan fingerprint density at radius 1 is 1.00 bits per heavy atom. The smallest absolute Gasteiger partial charge is 0.259 e. The van der Waals surface area contributed by atoms with Crippen molar-refractivity contribution in [2.24, 2.45) is 0 Å². The van der Waals surface area contributed by atoms with E-state index in [-0.39, 0.29) is 5.91 Å². The minimum Gasteiger partial charge on any atom is -0.488 e. The van der Waals surface area contributed by atoms with Gasteiger partial charge in [-0.25, -0.2) is 0 Å². The second-order valence-corrected chi connectivity index (χ2v) is 7.06. The molecule has 1 amide bonds. The number of ether oxygens (including phenoxy) is 1. The van der Waals surface area contributed by atoms with Gasteiger partial charge in [-0.3, -0.25) is 4.79 Å². The van der Waals surface area contributed by atoms with Crippen LogP contribution in [0.3, 0.4) is 0 Å². The summed E-state index contributed by atoms with van der Waals surface area (Å²) in [6.07, 6.45) is 0. The summed E-state index contributed by atoms with van der Waals surface area (Å²) in [6.45, 7) is 0.381. The SMILES string of the molecule is O=C(Nc1cccc(I)c1)c1cc(Cl)ccc1OCc1ccccc1. The van der Waals surface area contributed by atoms with E-state index in [1.54, 1.807) is 18.2 Å². The van der Waals surface area contributed by atoms with Crippen molar-refractivity contribution in [1.29, 1.82) is 0 Å². The lowest BCUT2D eigenvalue weighted by molar-refractivity contribution is 0.102. The fraction of sp³-hybridized carbons (Fsp3) is 0.0500. The van der Waals surface area contributed by atoms with E-state index < -0.39 is 0 Å². The second kappa shape index (κ2) is 8.36. The number of nitrogens with one attached hydrogen (secondary N) is 1. The first kappa shape index (κ1) is 17.8. The number of amides is 1. The average Bonchev–Trinajstić information content (AvgIpc) is 2.61. The van der Waals surface area contributed by atoms with Gasteiger partial charge in [0.05, 0.1) is 5.56 Å². The predicted octanol–water partition coefficient (Wildman–Crippen LogP) is 5.78. The Morgan fingerprint density at radius 3 is 2.56 bits per heavy atom. The summed E-state index contributed by atoms with van der Waals surface area (Å²) >= 11 is 8.27. The highest BCUT2D eigenvalue weighted by molar-refractivity contribution is 14.1. The van der Waals surface area contributed by atoms with Crippen molar-refractivity contribution in [3.63, 3.8) is 0 Å². The number of carbonyl (C=O) groups excluding carboxylic acids is 1. The van der Waals surface area contributed by atoms with Gasteiger partial charge in [-0.05, 0) is 64.6 Å². The molecule has 126 valence electrons. The molecular weight excluding hydrogens is 449 g/mol. The van der Waals surface area contributed by atoms with Crippen LogP contribution in [0.4, 0.5) is 5.69 Å². The van der Waals surface area contributed by atoms with Gasteiger partial charge in [0, 0.05) is 14.3 Å². The Kier molecular flexibility index (Phi) is 5.94. The van der Waals surface area contributed by atoms with Gasteiger partial charge in [-0.1, -0.05) is 48.0 Å². The number of hydrogen-bond acceptors (Lipinski definition) is 2. The van der Waals surface area contributed by atoms with Crippen LogP contribution in [-0.2, 0) is 6.61 Å². The van der Waals surface area contributed by atoms with Crippen LogP contribution in [0.15, 0.2) is 72.8 Å². The topological polar surface area (TPSA) is 38.3 Å². The van der Waals surface area contributed by atoms with Crippen LogP contribution in [0.1, 0.15) is 15.9 Å². The maximum Gasteiger partial charge on any atom is 0.259 e. The molecule has 3 rings (SSSR count). The third-order valence-corrected chi connectivity index (χ3v) is 4.41. The first-order valence-corrected chi connectivity index (χ1v) is 9.11. The minimum absolute atomic E-state index is 0.257. The maximum absolute atomic E-state index is 12.7. The van der Waals surface area contributed by atoms with E-state index in [1.807, 2.05) is 54.6 Å². The summed E-state index contributed by atoms with van der Waals surface area (Å²) in [4.78, 5) is 12.7. The Bertz CT molecular complexity index is 884. The van der Waals surface area contributed by atoms with Gasteiger partial charge < -0.3 is 10.1 Å². The molecule has 0 bridgehead atoms. The van der Waals surface area contributed by atoms with Crippen LogP contribution in [0.25, 0.3) is 0 Å². The van der Waals surface area contributed by atoms with Gasteiger partial charge in [0.2, 0.25) is 0 Å². The van der Waals surface area contributed by atoms with Gasteiger partial charge in [-0.15, -0.1) is 0 Å². The lowest BCUT2D eigenvalue weighted by Gasteiger charge is -2.12. The van der Waals surface area contributed by atoms with Crippen LogP contribution in [0.5, 0.6) is 5.75 Å². The monoisotopic (exact) mass is 463 g/mol. The fourth-order valence-electron chi connectivity index (χ4n) is 2.31. The lowest BCUT2D eigenvalue weighted by Crippen LogP contribution is -2.14. The Labute approximate surface area is 165 Å². The Hall–Kier alpha value is -2.05. The molecule has 0 saturated carbocycles. The number of halogens is 2. The summed E-state index contributed by atoms with van der Waals surface area (Å²) in [7, 11) is 0. The molecule has 0 atom stereocenters. The van der Waals surface area contributed by atoms with Crippen LogP contribution < -0.4 is 10.1 Å². The maximum atomic E-state index is 12.7. The summed E-state index contributed by atoms with van der Waals surface area (Å²) < 4.78 is 6.88. The van der Waals surface area contributed by atoms with Gasteiger partial charge >= 0.3 is 0 Å². The molecule has 0 unspecified atom stereocenters. The van der Waals surface area contributed by atoms with Crippen LogP contribution >= 0.6 is 34.2 Å². The summed E-state index contributed by atoms with van der Waals surface area (Å²) in [5, 5.41) is 3.37. The normalized spacial score (nSPS) is 10.3. The molecule has 25 heavy (non-hydrogen) atoms. The third kappa shape index (κ3) is 4.96. The molecular formula is C20H15ClINO2. The molecule has 3 aromatic carbocycles. The lowest BCUT2D eigenvalue weighted by atomic mass is 10.1. The van der Waals surface area contributed by atoms with E-state index in [0.29, 0.717) is 22.9 Å². The van der Waals surface area contributed by atoms with E-state index in [1.165, 1.54) is 0 Å². The molecule has 1 N–H and O–H groups in total. The number of anilines is 1. The van der Waals surface area contributed by atoms with Crippen molar-refractivity contribution < 1.29 is 9.53 Å². The van der Waals surface area contributed by atoms with Gasteiger partial charge in [0.1, 0.15) is 12.4 Å². The number of benzene rings is 3. The average molecular weight is 464 g/mol. The zero-order valence-electron chi connectivity index (χ0n) is 13.2. The number of rotatable bonds is 5. The first-order chi connectivity index (χ1) is 12.1. The molecule has 0 spiro atoms. The van der Waals surface area contributed by atoms with E-state index in [4.69, 9.17) is 16.3 Å². The minimum atomic E-state index is -0.257. The molecule has 0 aliphatic carbocycles. The number of hydrogen-bond donors (Lipinski definition) is 1. The highest BCUT2D eigenvalue weighted by atomic mass is 127. The van der Waals surface area contributed by atoms with E-state index in [2.05, 4.69) is 27.9 Å². The molecule has 0 fully saturated rings. The van der Waals surface area contributed by atoms with Crippen molar-refractivity contribution in [2.75, 3.05) is 5.32 Å². The van der Waals surface area contributed by atoms with Crippen LogP contribution in [-0.4, -0.2) is 5.91 Å². The molecule has 0 saturated heterocycles. The van der Waals surface area contributed by atoms with Crippen molar-refractivity contribution in [3.8, 4) is 5.75 Å². The molecule has 3 aromatic rings. The van der Waals surface area contributed by atoms with Crippen molar-refractivity contribution >= 4 is 45.8 Å². The van der Waals surface area contributed by atoms with Crippen molar-refractivity contribution in [3.05, 3.63) is 92.5 Å².